The van der Waals surface area contributed by atoms with E-state index in [9.17, 15) is 4.79 Å². The number of piperidine rings is 1. The topological polar surface area (TPSA) is 55.3 Å². The van der Waals surface area contributed by atoms with Crippen LogP contribution in [-0.4, -0.2) is 36.1 Å². The van der Waals surface area contributed by atoms with E-state index >= 15 is 0 Å². The zero-order chi connectivity index (χ0) is 11.4. The largest absolute Gasteiger partial charge is 0.469 e. The van der Waals surface area contributed by atoms with Crippen LogP contribution >= 0.6 is 0 Å². The Bertz CT molecular complexity index is 348. The summed E-state index contributed by atoms with van der Waals surface area (Å²) in [6.45, 7) is 1.69. The highest BCUT2D eigenvalue weighted by atomic mass is 16.5. The second-order valence-electron chi connectivity index (χ2n) is 3.85. The molecule has 5 nitrogen and oxygen atoms in total. The van der Waals surface area contributed by atoms with Gasteiger partial charge in [0.25, 0.3) is 0 Å². The molecule has 1 fully saturated rings. The number of nitrogens with zero attached hydrogens (tertiary/aromatic N) is 3. The van der Waals surface area contributed by atoms with Crippen LogP contribution in [-0.2, 0) is 9.53 Å². The number of methoxy groups -OCH3 is 1. The highest BCUT2D eigenvalue weighted by Gasteiger charge is 2.25. The molecule has 1 aromatic heterocycles. The predicted octanol–water partition coefficient (Wildman–Crippen LogP) is 0.866. The Balaban J connectivity index is 1.93. The molecule has 1 aromatic rings. The van der Waals surface area contributed by atoms with Crippen molar-refractivity contribution in [2.75, 3.05) is 25.1 Å². The fraction of sp³-hybridized carbons (Fsp3) is 0.545. The fourth-order valence-electron chi connectivity index (χ4n) is 1.98. The quantitative estimate of drug-likeness (QED) is 0.693. The van der Waals surface area contributed by atoms with Crippen molar-refractivity contribution < 1.29 is 9.53 Å². The molecule has 1 aliphatic heterocycles. The highest BCUT2D eigenvalue weighted by Crippen LogP contribution is 2.21. The van der Waals surface area contributed by atoms with E-state index in [1.54, 1.807) is 12.5 Å². The molecule has 2 heterocycles. The third-order valence-corrected chi connectivity index (χ3v) is 2.92. The SMILES string of the molecule is COC(=O)C1CCN(c2ccncn2)CC1. The van der Waals surface area contributed by atoms with E-state index in [-0.39, 0.29) is 11.9 Å². The number of carbonyl (C=O) groups excluding carboxylic acids is 1. The van der Waals surface area contributed by atoms with E-state index in [0.717, 1.165) is 31.7 Å². The summed E-state index contributed by atoms with van der Waals surface area (Å²) in [4.78, 5) is 21.6. The van der Waals surface area contributed by atoms with E-state index in [0.29, 0.717) is 0 Å². The maximum atomic E-state index is 11.3. The maximum Gasteiger partial charge on any atom is 0.308 e. The Morgan fingerprint density at radius 3 is 2.81 bits per heavy atom. The molecule has 1 saturated heterocycles. The second kappa shape index (κ2) is 4.92. The second-order valence-corrected chi connectivity index (χ2v) is 3.85. The van der Waals surface area contributed by atoms with E-state index in [1.165, 1.54) is 7.11 Å². The molecule has 0 aliphatic carbocycles. The first-order valence-corrected chi connectivity index (χ1v) is 5.40. The fourth-order valence-corrected chi connectivity index (χ4v) is 1.98. The van der Waals surface area contributed by atoms with Crippen LogP contribution in [0.3, 0.4) is 0 Å². The number of rotatable bonds is 2. The number of ether oxygens (including phenoxy) is 1. The van der Waals surface area contributed by atoms with Gasteiger partial charge in [-0.3, -0.25) is 4.79 Å². The van der Waals surface area contributed by atoms with Gasteiger partial charge in [-0.05, 0) is 18.9 Å². The molecule has 0 spiro atoms. The van der Waals surface area contributed by atoms with Crippen molar-refractivity contribution in [3.05, 3.63) is 18.6 Å². The van der Waals surface area contributed by atoms with Crippen LogP contribution in [0.5, 0.6) is 0 Å². The molecule has 0 N–H and O–H groups in total. The van der Waals surface area contributed by atoms with Gasteiger partial charge in [-0.25, -0.2) is 9.97 Å². The minimum absolute atomic E-state index is 0.0445. The van der Waals surface area contributed by atoms with Crippen LogP contribution in [0.4, 0.5) is 5.82 Å². The molecule has 1 aliphatic rings. The third kappa shape index (κ3) is 2.29. The van der Waals surface area contributed by atoms with Crippen molar-refractivity contribution in [1.29, 1.82) is 0 Å². The van der Waals surface area contributed by atoms with Gasteiger partial charge in [-0.15, -0.1) is 0 Å². The van der Waals surface area contributed by atoms with Crippen LogP contribution in [0, 0.1) is 5.92 Å². The van der Waals surface area contributed by atoms with Gasteiger partial charge in [0.2, 0.25) is 0 Å². The zero-order valence-corrected chi connectivity index (χ0v) is 9.30. The van der Waals surface area contributed by atoms with Gasteiger partial charge in [0.05, 0.1) is 13.0 Å². The first-order valence-electron chi connectivity index (χ1n) is 5.40. The Morgan fingerprint density at radius 1 is 1.50 bits per heavy atom. The lowest BCUT2D eigenvalue weighted by Crippen LogP contribution is -2.37. The van der Waals surface area contributed by atoms with Gasteiger partial charge in [-0.1, -0.05) is 0 Å². The van der Waals surface area contributed by atoms with Crippen molar-refractivity contribution in [2.45, 2.75) is 12.8 Å². The van der Waals surface area contributed by atoms with Crippen molar-refractivity contribution in [2.24, 2.45) is 5.92 Å². The van der Waals surface area contributed by atoms with Gasteiger partial charge >= 0.3 is 5.97 Å². The number of aromatic nitrogens is 2. The zero-order valence-electron chi connectivity index (χ0n) is 9.30. The summed E-state index contributed by atoms with van der Waals surface area (Å²) in [5.41, 5.74) is 0. The molecule has 86 valence electrons. The van der Waals surface area contributed by atoms with Crippen molar-refractivity contribution in [3.63, 3.8) is 0 Å². The van der Waals surface area contributed by atoms with Crippen molar-refractivity contribution >= 4 is 11.8 Å². The summed E-state index contributed by atoms with van der Waals surface area (Å²) in [6, 6.07) is 1.89. The smallest absolute Gasteiger partial charge is 0.308 e. The first-order chi connectivity index (χ1) is 7.81. The van der Waals surface area contributed by atoms with E-state index in [2.05, 4.69) is 14.9 Å². The number of carbonyl (C=O) groups is 1. The summed E-state index contributed by atoms with van der Waals surface area (Å²) >= 11 is 0. The monoisotopic (exact) mass is 221 g/mol. The highest BCUT2D eigenvalue weighted by molar-refractivity contribution is 5.72. The van der Waals surface area contributed by atoms with Gasteiger partial charge < -0.3 is 9.64 Å². The summed E-state index contributed by atoms with van der Waals surface area (Å²) in [5.74, 6) is 0.878. The summed E-state index contributed by atoms with van der Waals surface area (Å²) in [7, 11) is 1.44. The molecule has 2 rings (SSSR count). The molecule has 0 atom stereocenters. The van der Waals surface area contributed by atoms with E-state index in [4.69, 9.17) is 4.74 Å². The lowest BCUT2D eigenvalue weighted by molar-refractivity contribution is -0.146. The van der Waals surface area contributed by atoms with E-state index in [1.807, 2.05) is 6.07 Å². The van der Waals surface area contributed by atoms with Crippen LogP contribution in [0.2, 0.25) is 0 Å². The molecule has 0 saturated carbocycles. The standard InChI is InChI=1S/C11H15N3O2/c1-16-11(15)9-3-6-14(7-4-9)10-2-5-12-8-13-10/h2,5,8-9H,3-4,6-7H2,1H3. The first kappa shape index (κ1) is 10.9. The number of hydrogen-bond acceptors (Lipinski definition) is 5. The van der Waals surface area contributed by atoms with Gasteiger partial charge in [0.15, 0.2) is 0 Å². The number of esters is 1. The third-order valence-electron chi connectivity index (χ3n) is 2.92. The molecule has 0 bridgehead atoms. The summed E-state index contributed by atoms with van der Waals surface area (Å²) < 4.78 is 4.75. The maximum absolute atomic E-state index is 11.3. The van der Waals surface area contributed by atoms with E-state index < -0.39 is 0 Å². The normalized spacial score (nSPS) is 17.2. The Kier molecular flexibility index (Phi) is 3.34. The average molecular weight is 221 g/mol. The van der Waals surface area contributed by atoms with Crippen molar-refractivity contribution in [3.8, 4) is 0 Å². The van der Waals surface area contributed by atoms with Gasteiger partial charge in [0.1, 0.15) is 12.1 Å². The molecular formula is C11H15N3O2. The summed E-state index contributed by atoms with van der Waals surface area (Å²) in [6.07, 6.45) is 4.93. The average Bonchev–Trinajstić information content (AvgIpc) is 2.39. The Morgan fingerprint density at radius 2 is 2.25 bits per heavy atom. The number of hydrogen-bond donors (Lipinski definition) is 0. The molecule has 0 amide bonds. The minimum Gasteiger partial charge on any atom is -0.469 e. The molecule has 16 heavy (non-hydrogen) atoms. The van der Waals surface area contributed by atoms with Gasteiger partial charge in [-0.2, -0.15) is 0 Å². The van der Waals surface area contributed by atoms with Crippen LogP contribution < -0.4 is 4.90 Å². The van der Waals surface area contributed by atoms with Crippen LogP contribution in [0.15, 0.2) is 18.6 Å². The van der Waals surface area contributed by atoms with Gasteiger partial charge in [0, 0.05) is 19.3 Å². The number of anilines is 1. The van der Waals surface area contributed by atoms with Crippen molar-refractivity contribution in [1.82, 2.24) is 9.97 Å². The molecule has 5 heteroatoms. The molecule has 0 unspecified atom stereocenters. The molecular weight excluding hydrogens is 206 g/mol. The lowest BCUT2D eigenvalue weighted by atomic mass is 9.97. The predicted molar refractivity (Wildman–Crippen MR) is 59.0 cm³/mol. The van der Waals surface area contributed by atoms with Crippen LogP contribution in [0.25, 0.3) is 0 Å². The van der Waals surface area contributed by atoms with Crippen LogP contribution in [0.1, 0.15) is 12.8 Å². The summed E-state index contributed by atoms with van der Waals surface area (Å²) in [5, 5.41) is 0. The molecule has 0 radical (unpaired) electrons. The Labute approximate surface area is 94.5 Å². The Hall–Kier alpha value is -1.65. The molecule has 0 aromatic carbocycles. The minimum atomic E-state index is -0.0951. The lowest BCUT2D eigenvalue weighted by Gasteiger charge is -2.31.